The van der Waals surface area contributed by atoms with Crippen molar-refractivity contribution in [3.8, 4) is 22.9 Å². The normalized spacial score (nSPS) is 14.5. The molecule has 0 bridgehead atoms. The number of aryl methyl sites for hydroxylation is 2. The Labute approximate surface area is 233 Å². The zero-order chi connectivity index (χ0) is 27.6. The number of rotatable bonds is 7. The molecule has 0 atom stereocenters. The third kappa shape index (κ3) is 5.46. The highest BCUT2D eigenvalue weighted by Gasteiger charge is 2.24. The lowest BCUT2D eigenvalue weighted by Gasteiger charge is -2.28. The number of benzene rings is 2. The predicted octanol–water partition coefficient (Wildman–Crippen LogP) is 5.59. The number of hydrogen-bond donors (Lipinski definition) is 1. The molecule has 0 unspecified atom stereocenters. The van der Waals surface area contributed by atoms with Crippen LogP contribution in [0.5, 0.6) is 17.2 Å². The lowest BCUT2D eigenvalue weighted by Crippen LogP contribution is -2.29. The second-order valence-corrected chi connectivity index (χ2v) is 10.5. The van der Waals surface area contributed by atoms with Gasteiger partial charge in [-0.3, -0.25) is 0 Å². The quantitative estimate of drug-likeness (QED) is 0.288. The van der Waals surface area contributed by atoms with E-state index in [-0.39, 0.29) is 0 Å². The molecule has 1 aliphatic heterocycles. The summed E-state index contributed by atoms with van der Waals surface area (Å²) in [5.74, 6) is 3.82. The fourth-order valence-electron chi connectivity index (χ4n) is 5.26. The maximum absolute atomic E-state index is 6.36. The second-order valence-electron chi connectivity index (χ2n) is 10.5. The van der Waals surface area contributed by atoms with E-state index in [1.165, 1.54) is 5.56 Å². The molecule has 0 amide bonds. The van der Waals surface area contributed by atoms with Crippen molar-refractivity contribution in [3.63, 3.8) is 0 Å². The SMILES string of the molecule is Cc1cc(OCc2cnc(C)nc2)cc(Oc2ccc(-n3cc(C4CCN(C)CC4)c4ncnc(N)c43)cc2)c1. The third-order valence-electron chi connectivity index (χ3n) is 7.41. The lowest BCUT2D eigenvalue weighted by molar-refractivity contribution is 0.256. The van der Waals surface area contributed by atoms with E-state index in [2.05, 4.69) is 42.6 Å². The van der Waals surface area contributed by atoms with Crippen molar-refractivity contribution in [1.29, 1.82) is 0 Å². The fraction of sp³-hybridized carbons (Fsp3) is 0.290. The van der Waals surface area contributed by atoms with Gasteiger partial charge < -0.3 is 24.7 Å². The van der Waals surface area contributed by atoms with Gasteiger partial charge in [-0.25, -0.2) is 19.9 Å². The summed E-state index contributed by atoms with van der Waals surface area (Å²) in [7, 11) is 2.18. The van der Waals surface area contributed by atoms with Gasteiger partial charge >= 0.3 is 0 Å². The van der Waals surface area contributed by atoms with E-state index < -0.39 is 0 Å². The van der Waals surface area contributed by atoms with Gasteiger partial charge in [-0.05, 0) is 100 Å². The number of piperidine rings is 1. The van der Waals surface area contributed by atoms with Crippen molar-refractivity contribution in [2.45, 2.75) is 39.2 Å². The molecule has 2 N–H and O–H groups in total. The maximum atomic E-state index is 6.36. The Morgan fingerprint density at radius 3 is 2.38 bits per heavy atom. The maximum Gasteiger partial charge on any atom is 0.151 e. The number of nitrogens with zero attached hydrogens (tertiary/aromatic N) is 6. The van der Waals surface area contributed by atoms with Crippen LogP contribution < -0.4 is 15.2 Å². The Morgan fingerprint density at radius 1 is 0.900 bits per heavy atom. The topological polar surface area (TPSA) is 104 Å². The molecule has 1 fully saturated rings. The summed E-state index contributed by atoms with van der Waals surface area (Å²) in [6.07, 6.45) is 9.51. The van der Waals surface area contributed by atoms with Crippen LogP contribution >= 0.6 is 0 Å². The zero-order valence-electron chi connectivity index (χ0n) is 23.0. The molecular formula is C31H33N7O2. The van der Waals surface area contributed by atoms with E-state index in [0.29, 0.717) is 24.1 Å². The largest absolute Gasteiger partial charge is 0.489 e. The Kier molecular flexibility index (Phi) is 7.04. The molecular weight excluding hydrogens is 502 g/mol. The van der Waals surface area contributed by atoms with Crippen LogP contribution in [0, 0.1) is 13.8 Å². The minimum absolute atomic E-state index is 0.384. The molecule has 40 heavy (non-hydrogen) atoms. The summed E-state index contributed by atoms with van der Waals surface area (Å²) in [5.41, 5.74) is 12.3. The van der Waals surface area contributed by atoms with Crippen molar-refractivity contribution < 1.29 is 9.47 Å². The van der Waals surface area contributed by atoms with E-state index in [9.17, 15) is 0 Å². The molecule has 0 aliphatic carbocycles. The third-order valence-corrected chi connectivity index (χ3v) is 7.41. The van der Waals surface area contributed by atoms with Crippen LogP contribution in [-0.4, -0.2) is 49.5 Å². The van der Waals surface area contributed by atoms with Gasteiger partial charge in [-0.1, -0.05) is 0 Å². The summed E-state index contributed by atoms with van der Waals surface area (Å²) in [5, 5.41) is 0. The molecule has 1 saturated heterocycles. The van der Waals surface area contributed by atoms with Crippen molar-refractivity contribution in [3.05, 3.63) is 89.9 Å². The Balaban J connectivity index is 1.22. The van der Waals surface area contributed by atoms with Crippen molar-refractivity contribution >= 4 is 16.9 Å². The van der Waals surface area contributed by atoms with Crippen LogP contribution in [0.25, 0.3) is 16.7 Å². The van der Waals surface area contributed by atoms with Crippen molar-refractivity contribution in [2.75, 3.05) is 25.9 Å². The fourth-order valence-corrected chi connectivity index (χ4v) is 5.26. The molecule has 4 heterocycles. The molecule has 0 spiro atoms. The number of hydrogen-bond acceptors (Lipinski definition) is 8. The highest BCUT2D eigenvalue weighted by molar-refractivity contribution is 5.90. The number of ether oxygens (including phenoxy) is 2. The van der Waals surface area contributed by atoms with E-state index in [4.69, 9.17) is 15.2 Å². The highest BCUT2D eigenvalue weighted by atomic mass is 16.5. The van der Waals surface area contributed by atoms with Crippen molar-refractivity contribution in [2.24, 2.45) is 0 Å². The second kappa shape index (κ2) is 10.9. The van der Waals surface area contributed by atoms with Gasteiger partial charge in [0.2, 0.25) is 0 Å². The van der Waals surface area contributed by atoms with Crippen molar-refractivity contribution in [1.82, 2.24) is 29.4 Å². The van der Waals surface area contributed by atoms with Gasteiger partial charge in [0.1, 0.15) is 41.5 Å². The van der Waals surface area contributed by atoms with Gasteiger partial charge in [-0.2, -0.15) is 0 Å². The molecule has 204 valence electrons. The van der Waals surface area contributed by atoms with Gasteiger partial charge in [0.25, 0.3) is 0 Å². The number of nitrogens with two attached hydrogens (primary N) is 1. The number of nitrogen functional groups attached to an aromatic ring is 1. The van der Waals surface area contributed by atoms with Gasteiger partial charge in [0, 0.05) is 35.9 Å². The van der Waals surface area contributed by atoms with E-state index in [0.717, 1.165) is 71.1 Å². The highest BCUT2D eigenvalue weighted by Crippen LogP contribution is 2.36. The summed E-state index contributed by atoms with van der Waals surface area (Å²) in [4.78, 5) is 19.8. The van der Waals surface area contributed by atoms with Crippen LogP contribution in [0.4, 0.5) is 5.82 Å². The van der Waals surface area contributed by atoms with Gasteiger partial charge in [0.05, 0.1) is 5.52 Å². The van der Waals surface area contributed by atoms with Crippen LogP contribution in [-0.2, 0) is 6.61 Å². The smallest absolute Gasteiger partial charge is 0.151 e. The number of anilines is 1. The summed E-state index contributed by atoms with van der Waals surface area (Å²) < 4.78 is 14.3. The molecule has 0 saturated carbocycles. The number of likely N-dealkylation sites (tertiary alicyclic amines) is 1. The van der Waals surface area contributed by atoms with E-state index in [1.807, 2.05) is 56.3 Å². The molecule has 5 aromatic rings. The average Bonchev–Trinajstić information content (AvgIpc) is 3.34. The molecule has 3 aromatic heterocycles. The molecule has 9 heteroatoms. The van der Waals surface area contributed by atoms with Gasteiger partial charge in [-0.15, -0.1) is 0 Å². The van der Waals surface area contributed by atoms with Crippen LogP contribution in [0.2, 0.25) is 0 Å². The Hall–Kier alpha value is -4.50. The van der Waals surface area contributed by atoms with Crippen LogP contribution in [0.1, 0.15) is 41.3 Å². The molecule has 9 nitrogen and oxygen atoms in total. The lowest BCUT2D eigenvalue weighted by atomic mass is 9.91. The molecule has 6 rings (SSSR count). The summed E-state index contributed by atoms with van der Waals surface area (Å²) in [6, 6.07) is 13.8. The van der Waals surface area contributed by atoms with Crippen LogP contribution in [0.3, 0.4) is 0 Å². The molecule has 0 radical (unpaired) electrons. The Morgan fingerprint density at radius 2 is 1.62 bits per heavy atom. The number of aromatic nitrogens is 5. The first kappa shape index (κ1) is 25.8. The van der Waals surface area contributed by atoms with E-state index in [1.54, 1.807) is 18.7 Å². The minimum atomic E-state index is 0.384. The molecule has 1 aliphatic rings. The zero-order valence-corrected chi connectivity index (χ0v) is 23.0. The average molecular weight is 536 g/mol. The first-order valence-electron chi connectivity index (χ1n) is 13.5. The predicted molar refractivity (Wildman–Crippen MR) is 155 cm³/mol. The van der Waals surface area contributed by atoms with E-state index >= 15 is 0 Å². The first-order valence-corrected chi connectivity index (χ1v) is 13.5. The first-order chi connectivity index (χ1) is 19.4. The van der Waals surface area contributed by atoms with Crippen LogP contribution in [0.15, 0.2) is 67.4 Å². The summed E-state index contributed by atoms with van der Waals surface area (Å²) >= 11 is 0. The van der Waals surface area contributed by atoms with Gasteiger partial charge in [0.15, 0.2) is 5.82 Å². The number of fused-ring (bicyclic) bond motifs is 1. The summed E-state index contributed by atoms with van der Waals surface area (Å²) in [6.45, 7) is 6.42. The molecule has 2 aromatic carbocycles. The standard InChI is InChI=1S/C31H33N7O2/c1-20-12-26(39-18-22-15-33-21(2)34-16-22)14-27(13-20)40-25-6-4-24(5-7-25)38-17-28(23-8-10-37(3)11-9-23)29-30(38)31(32)36-19-35-29/h4-7,12-17,19,23H,8-11,18H2,1-3H3,(H2,32,35,36). The monoisotopic (exact) mass is 535 g/mol. The Bertz CT molecular complexity index is 1620. The minimum Gasteiger partial charge on any atom is -0.489 e.